The Hall–Kier alpha value is -2.26. The van der Waals surface area contributed by atoms with Crippen molar-refractivity contribution in [1.82, 2.24) is 24.7 Å². The van der Waals surface area contributed by atoms with Crippen LogP contribution in [0.4, 0.5) is 0 Å². The first-order valence-corrected chi connectivity index (χ1v) is 13.5. The van der Waals surface area contributed by atoms with Crippen molar-refractivity contribution in [3.05, 3.63) is 81.8 Å². The number of benzene rings is 1. The van der Waals surface area contributed by atoms with Crippen molar-refractivity contribution in [2.75, 3.05) is 39.4 Å². The lowest BCUT2D eigenvalue weighted by Crippen LogP contribution is -2.39. The minimum absolute atomic E-state index is 0.00551. The predicted molar refractivity (Wildman–Crippen MR) is 147 cm³/mol. The second-order valence-electron chi connectivity index (χ2n) is 9.27. The van der Waals surface area contributed by atoms with Gasteiger partial charge in [0.2, 0.25) is 0 Å². The molecule has 1 aromatic carbocycles. The fourth-order valence-corrected chi connectivity index (χ4v) is 5.94. The molecule has 2 fully saturated rings. The molecule has 1 N–H and O–H groups in total. The normalized spacial score (nSPS) is 20.9. The third-order valence-corrected chi connectivity index (χ3v) is 7.93. The van der Waals surface area contributed by atoms with Gasteiger partial charge in [0, 0.05) is 53.9 Å². The summed E-state index contributed by atoms with van der Waals surface area (Å²) in [6.07, 6.45) is 2.92. The van der Waals surface area contributed by atoms with Gasteiger partial charge in [-0.3, -0.25) is 9.88 Å². The molecule has 2 aliphatic heterocycles. The summed E-state index contributed by atoms with van der Waals surface area (Å²) in [6, 6.07) is 17.0. The standard InChI is InChI=1S/C27H32BrN5OS/c1-19-18-23(20(2)33(19)22-9-7-21(28)8-10-22)26-25(24-6-3-4-11-29-24)30-27(35)32(26)13-5-12-31-14-16-34-17-15-31/h3-4,6-11,18,25-26H,5,12-17H2,1-2H3,(H,30,35)/t25-,26+/m1/s1. The van der Waals surface area contributed by atoms with Gasteiger partial charge in [-0.05, 0) is 80.5 Å². The molecule has 2 aromatic heterocycles. The minimum atomic E-state index is 0.00551. The van der Waals surface area contributed by atoms with E-state index in [2.05, 4.69) is 91.9 Å². The Balaban J connectivity index is 1.47. The highest BCUT2D eigenvalue weighted by atomic mass is 79.9. The van der Waals surface area contributed by atoms with Crippen molar-refractivity contribution in [3.8, 4) is 5.69 Å². The molecule has 6 nitrogen and oxygen atoms in total. The summed E-state index contributed by atoms with van der Waals surface area (Å²) in [5.74, 6) is 0. The van der Waals surface area contributed by atoms with Crippen LogP contribution in [0.25, 0.3) is 5.69 Å². The van der Waals surface area contributed by atoms with E-state index in [1.54, 1.807) is 0 Å². The number of morpholine rings is 1. The zero-order chi connectivity index (χ0) is 24.4. The van der Waals surface area contributed by atoms with Crippen molar-refractivity contribution < 1.29 is 4.74 Å². The quantitative estimate of drug-likeness (QED) is 0.418. The third-order valence-electron chi connectivity index (χ3n) is 7.05. The summed E-state index contributed by atoms with van der Waals surface area (Å²) >= 11 is 9.46. The minimum Gasteiger partial charge on any atom is -0.379 e. The Morgan fingerprint density at radius 2 is 1.86 bits per heavy atom. The molecule has 0 radical (unpaired) electrons. The van der Waals surface area contributed by atoms with E-state index in [1.165, 1.54) is 17.0 Å². The van der Waals surface area contributed by atoms with Crippen LogP contribution >= 0.6 is 28.1 Å². The second kappa shape index (κ2) is 10.8. The number of pyridine rings is 1. The van der Waals surface area contributed by atoms with Gasteiger partial charge in [0.25, 0.3) is 0 Å². The molecule has 0 spiro atoms. The summed E-state index contributed by atoms with van der Waals surface area (Å²) < 4.78 is 8.93. The summed E-state index contributed by atoms with van der Waals surface area (Å²) in [4.78, 5) is 9.57. The molecule has 4 heterocycles. The first-order chi connectivity index (χ1) is 17.0. The van der Waals surface area contributed by atoms with E-state index >= 15 is 0 Å². The molecule has 184 valence electrons. The number of aryl methyl sites for hydroxylation is 1. The van der Waals surface area contributed by atoms with Gasteiger partial charge in [0.15, 0.2) is 5.11 Å². The average Bonchev–Trinajstić information content (AvgIpc) is 3.36. The number of nitrogens with zero attached hydrogens (tertiary/aromatic N) is 4. The molecule has 0 bridgehead atoms. The number of halogens is 1. The van der Waals surface area contributed by atoms with Crippen molar-refractivity contribution in [1.29, 1.82) is 0 Å². The smallest absolute Gasteiger partial charge is 0.170 e. The van der Waals surface area contributed by atoms with E-state index in [0.717, 1.165) is 66.8 Å². The van der Waals surface area contributed by atoms with Crippen LogP contribution < -0.4 is 5.32 Å². The lowest BCUT2D eigenvalue weighted by atomic mass is 9.96. The lowest BCUT2D eigenvalue weighted by molar-refractivity contribution is 0.0365. The predicted octanol–water partition coefficient (Wildman–Crippen LogP) is 4.95. The number of hydrogen-bond donors (Lipinski definition) is 1. The van der Waals surface area contributed by atoms with Gasteiger partial charge >= 0.3 is 0 Å². The number of nitrogens with one attached hydrogen (secondary N) is 1. The van der Waals surface area contributed by atoms with Crippen molar-refractivity contribution >= 4 is 33.3 Å². The monoisotopic (exact) mass is 553 g/mol. The third kappa shape index (κ3) is 5.16. The second-order valence-corrected chi connectivity index (χ2v) is 10.6. The van der Waals surface area contributed by atoms with Crippen LogP contribution in [0.5, 0.6) is 0 Å². The van der Waals surface area contributed by atoms with E-state index < -0.39 is 0 Å². The van der Waals surface area contributed by atoms with E-state index in [0.29, 0.717) is 0 Å². The molecule has 0 aliphatic carbocycles. The molecule has 3 aromatic rings. The Bertz CT molecular complexity index is 1160. The van der Waals surface area contributed by atoms with Crippen LogP contribution in [0, 0.1) is 13.8 Å². The fraction of sp³-hybridized carbons (Fsp3) is 0.407. The van der Waals surface area contributed by atoms with Crippen LogP contribution in [0.3, 0.4) is 0 Å². The molecular weight excluding hydrogens is 522 g/mol. The van der Waals surface area contributed by atoms with Crippen molar-refractivity contribution in [2.45, 2.75) is 32.4 Å². The highest BCUT2D eigenvalue weighted by Crippen LogP contribution is 2.41. The van der Waals surface area contributed by atoms with Gasteiger partial charge in [0.05, 0.1) is 31.0 Å². The molecule has 5 rings (SSSR count). The van der Waals surface area contributed by atoms with Gasteiger partial charge < -0.3 is 19.5 Å². The maximum Gasteiger partial charge on any atom is 0.170 e. The molecule has 2 atom stereocenters. The SMILES string of the molecule is Cc1cc([C@H]2[C@@H](c3ccccn3)NC(=S)N2CCCN2CCOCC2)c(C)n1-c1ccc(Br)cc1. The van der Waals surface area contributed by atoms with Gasteiger partial charge in [0.1, 0.15) is 0 Å². The Morgan fingerprint density at radius 1 is 1.09 bits per heavy atom. The maximum absolute atomic E-state index is 5.90. The molecule has 35 heavy (non-hydrogen) atoms. The first kappa shape index (κ1) is 24.4. The van der Waals surface area contributed by atoms with E-state index in [-0.39, 0.29) is 12.1 Å². The summed E-state index contributed by atoms with van der Waals surface area (Å²) in [5.41, 5.74) is 5.92. The topological polar surface area (TPSA) is 45.6 Å². The molecule has 0 amide bonds. The molecular formula is C27H32BrN5OS. The zero-order valence-corrected chi connectivity index (χ0v) is 22.7. The summed E-state index contributed by atoms with van der Waals surface area (Å²) in [6.45, 7) is 10.0. The highest BCUT2D eigenvalue weighted by Gasteiger charge is 2.41. The van der Waals surface area contributed by atoms with Crippen LogP contribution in [0.2, 0.25) is 0 Å². The Kier molecular flexibility index (Phi) is 7.53. The average molecular weight is 555 g/mol. The van der Waals surface area contributed by atoms with Gasteiger partial charge in [-0.25, -0.2) is 0 Å². The Labute approximate surface area is 221 Å². The fourth-order valence-electron chi connectivity index (χ4n) is 5.35. The number of hydrogen-bond acceptors (Lipinski definition) is 4. The van der Waals surface area contributed by atoms with Crippen LogP contribution in [0.1, 0.15) is 41.1 Å². The van der Waals surface area contributed by atoms with Crippen LogP contribution in [-0.4, -0.2) is 63.9 Å². The number of aromatic nitrogens is 2. The first-order valence-electron chi connectivity index (χ1n) is 12.3. The van der Waals surface area contributed by atoms with Crippen LogP contribution in [0.15, 0.2) is 59.2 Å². The van der Waals surface area contributed by atoms with Gasteiger partial charge in [-0.2, -0.15) is 0 Å². The van der Waals surface area contributed by atoms with Gasteiger partial charge in [-0.15, -0.1) is 0 Å². The molecule has 2 aliphatic rings. The zero-order valence-electron chi connectivity index (χ0n) is 20.3. The van der Waals surface area contributed by atoms with Crippen LogP contribution in [-0.2, 0) is 4.74 Å². The largest absolute Gasteiger partial charge is 0.379 e. The van der Waals surface area contributed by atoms with Gasteiger partial charge in [-0.1, -0.05) is 22.0 Å². The molecule has 0 unspecified atom stereocenters. The number of ether oxygens (including phenoxy) is 1. The molecule has 2 saturated heterocycles. The van der Waals surface area contributed by atoms with Crippen molar-refractivity contribution in [3.63, 3.8) is 0 Å². The molecule has 0 saturated carbocycles. The van der Waals surface area contributed by atoms with E-state index in [9.17, 15) is 0 Å². The maximum atomic E-state index is 5.90. The van der Waals surface area contributed by atoms with E-state index in [4.69, 9.17) is 21.9 Å². The summed E-state index contributed by atoms with van der Waals surface area (Å²) in [7, 11) is 0. The van der Waals surface area contributed by atoms with Crippen molar-refractivity contribution in [2.24, 2.45) is 0 Å². The Morgan fingerprint density at radius 3 is 2.57 bits per heavy atom. The lowest BCUT2D eigenvalue weighted by Gasteiger charge is -2.30. The highest BCUT2D eigenvalue weighted by molar-refractivity contribution is 9.10. The number of thiocarbonyl (C=S) groups is 1. The number of rotatable bonds is 7. The molecule has 8 heteroatoms. The summed E-state index contributed by atoms with van der Waals surface area (Å²) in [5, 5.41) is 4.41. The van der Waals surface area contributed by atoms with E-state index in [1.807, 2.05) is 12.3 Å².